The van der Waals surface area contributed by atoms with E-state index in [1.807, 2.05) is 13.8 Å². The molecular weight excluding hydrogens is 248 g/mol. The van der Waals surface area contributed by atoms with Crippen molar-refractivity contribution in [2.45, 2.75) is 32.2 Å². The van der Waals surface area contributed by atoms with E-state index in [-0.39, 0.29) is 24.7 Å². The summed E-state index contributed by atoms with van der Waals surface area (Å²) in [6, 6.07) is 2.91. The zero-order chi connectivity index (χ0) is 14.6. The molecule has 106 valence electrons. The molecule has 0 aliphatic carbocycles. The van der Waals surface area contributed by atoms with Crippen LogP contribution >= 0.6 is 0 Å². The number of rotatable bonds is 6. The van der Waals surface area contributed by atoms with Crippen LogP contribution in [0.1, 0.15) is 42.7 Å². The van der Waals surface area contributed by atoms with Gasteiger partial charge < -0.3 is 20.6 Å². The topological polar surface area (TPSA) is 103 Å². The Kier molecular flexibility index (Phi) is 4.85. The molecule has 4 N–H and O–H groups in total. The maximum Gasteiger partial charge on any atom is 0.335 e. The lowest BCUT2D eigenvalue weighted by molar-refractivity contribution is 0.0696. The molecule has 19 heavy (non-hydrogen) atoms. The molecule has 0 spiro atoms. The highest BCUT2D eigenvalue weighted by molar-refractivity contribution is 5.88. The molecule has 6 nitrogen and oxygen atoms in total. The van der Waals surface area contributed by atoms with Gasteiger partial charge in [0.2, 0.25) is 0 Å². The van der Waals surface area contributed by atoms with Gasteiger partial charge in [-0.1, -0.05) is 13.8 Å². The van der Waals surface area contributed by atoms with Gasteiger partial charge >= 0.3 is 5.97 Å². The summed E-state index contributed by atoms with van der Waals surface area (Å²) in [7, 11) is 0. The summed E-state index contributed by atoms with van der Waals surface area (Å²) in [5.41, 5.74) is -0.182. The average Bonchev–Trinajstić information content (AvgIpc) is 2.38. The van der Waals surface area contributed by atoms with E-state index in [2.05, 4.69) is 10.3 Å². The van der Waals surface area contributed by atoms with Gasteiger partial charge in [0.05, 0.1) is 24.3 Å². The lowest BCUT2D eigenvalue weighted by Gasteiger charge is -2.27. The van der Waals surface area contributed by atoms with Crippen LogP contribution in [0.25, 0.3) is 0 Å². The van der Waals surface area contributed by atoms with E-state index in [0.717, 1.165) is 0 Å². The number of aromatic carboxylic acids is 1. The third kappa shape index (κ3) is 3.90. The molecule has 0 atom stereocenters. The first-order valence-electron chi connectivity index (χ1n) is 6.06. The number of anilines is 1. The molecule has 0 bridgehead atoms. The van der Waals surface area contributed by atoms with Gasteiger partial charge in [-0.15, -0.1) is 0 Å². The number of hydrogen-bond acceptors (Lipinski definition) is 5. The highest BCUT2D eigenvalue weighted by Gasteiger charge is 2.23. The fraction of sp³-hybridized carbons (Fsp3) is 0.538. The fourth-order valence-corrected chi connectivity index (χ4v) is 1.47. The number of hydrogen-bond donors (Lipinski definition) is 4. The minimum absolute atomic E-state index is 0.0781. The molecule has 0 aliphatic rings. The Balaban J connectivity index is 3.16. The van der Waals surface area contributed by atoms with Gasteiger partial charge in [0, 0.05) is 5.69 Å². The maximum absolute atomic E-state index is 11.1. The molecule has 0 fully saturated rings. The van der Waals surface area contributed by atoms with E-state index in [9.17, 15) is 15.0 Å². The minimum Gasteiger partial charge on any atom is -0.478 e. The van der Waals surface area contributed by atoms with Crippen LogP contribution in [0.4, 0.5) is 5.82 Å². The van der Waals surface area contributed by atoms with Crippen molar-refractivity contribution in [2.24, 2.45) is 0 Å². The Morgan fingerprint density at radius 2 is 1.95 bits per heavy atom. The Bertz CT molecular complexity index is 456. The summed E-state index contributed by atoms with van der Waals surface area (Å²) in [5, 5.41) is 30.4. The third-order valence-corrected chi connectivity index (χ3v) is 2.81. The van der Waals surface area contributed by atoms with Crippen molar-refractivity contribution in [1.29, 1.82) is 0 Å². The van der Waals surface area contributed by atoms with Gasteiger partial charge in [-0.25, -0.2) is 9.78 Å². The lowest BCUT2D eigenvalue weighted by atomic mass is 10.0. The normalized spacial score (nSPS) is 11.7. The van der Waals surface area contributed by atoms with E-state index in [1.165, 1.54) is 12.1 Å². The lowest BCUT2D eigenvalue weighted by Crippen LogP contribution is -2.42. The van der Waals surface area contributed by atoms with Crippen LogP contribution in [0.3, 0.4) is 0 Å². The van der Waals surface area contributed by atoms with E-state index in [0.29, 0.717) is 11.5 Å². The number of nitrogens with zero attached hydrogens (tertiary/aromatic N) is 1. The van der Waals surface area contributed by atoms with Crippen LogP contribution < -0.4 is 5.32 Å². The maximum atomic E-state index is 11.1. The van der Waals surface area contributed by atoms with Crippen LogP contribution in [-0.2, 0) is 0 Å². The van der Waals surface area contributed by atoms with Crippen LogP contribution in [-0.4, -0.2) is 45.0 Å². The average molecular weight is 268 g/mol. The molecule has 0 saturated heterocycles. The molecule has 0 aliphatic heterocycles. The third-order valence-electron chi connectivity index (χ3n) is 2.81. The van der Waals surface area contributed by atoms with Crippen molar-refractivity contribution in [3.8, 4) is 0 Å². The summed E-state index contributed by atoms with van der Waals surface area (Å²) in [5.74, 6) is -0.634. The Morgan fingerprint density at radius 1 is 1.37 bits per heavy atom. The summed E-state index contributed by atoms with van der Waals surface area (Å²) in [4.78, 5) is 15.4. The summed E-state index contributed by atoms with van der Waals surface area (Å²) in [6.07, 6.45) is 0. The number of nitrogens with one attached hydrogen (secondary N) is 1. The molecule has 6 heteroatoms. The van der Waals surface area contributed by atoms with Gasteiger partial charge in [0.1, 0.15) is 5.82 Å². The number of aromatic nitrogens is 1. The second-order valence-electron chi connectivity index (χ2n) is 5.13. The van der Waals surface area contributed by atoms with Crippen molar-refractivity contribution in [2.75, 3.05) is 18.5 Å². The highest BCUT2D eigenvalue weighted by Crippen LogP contribution is 2.20. The minimum atomic E-state index is -1.04. The first-order valence-corrected chi connectivity index (χ1v) is 6.06. The molecule has 1 aromatic heterocycles. The predicted molar refractivity (Wildman–Crippen MR) is 71.5 cm³/mol. The zero-order valence-electron chi connectivity index (χ0n) is 11.3. The second-order valence-corrected chi connectivity index (χ2v) is 5.13. The van der Waals surface area contributed by atoms with Crippen molar-refractivity contribution in [1.82, 2.24) is 4.98 Å². The summed E-state index contributed by atoms with van der Waals surface area (Å²) < 4.78 is 0. The molecule has 1 heterocycles. The standard InChI is InChI=1S/C13H20N2O4/c1-8(2)10-4-9(12(18)19)5-11(14-10)15-13(3,6-16)7-17/h4-5,8,16-17H,6-7H2,1-3H3,(H,14,15)(H,18,19). The summed E-state index contributed by atoms with van der Waals surface area (Å²) in [6.45, 7) is 4.86. The van der Waals surface area contributed by atoms with Crippen molar-refractivity contribution in [3.05, 3.63) is 23.4 Å². The van der Waals surface area contributed by atoms with Crippen molar-refractivity contribution >= 4 is 11.8 Å². The monoisotopic (exact) mass is 268 g/mol. The quantitative estimate of drug-likeness (QED) is 0.615. The smallest absolute Gasteiger partial charge is 0.335 e. The molecule has 0 saturated carbocycles. The van der Waals surface area contributed by atoms with Gasteiger partial charge in [-0.3, -0.25) is 0 Å². The molecule has 0 aromatic carbocycles. The molecule has 0 radical (unpaired) electrons. The van der Waals surface area contributed by atoms with E-state index >= 15 is 0 Å². The van der Waals surface area contributed by atoms with Crippen LogP contribution in [0.2, 0.25) is 0 Å². The SMILES string of the molecule is CC(C)c1cc(C(=O)O)cc(NC(C)(CO)CO)n1. The number of aliphatic hydroxyl groups excluding tert-OH is 2. The Labute approximate surface area is 112 Å². The Morgan fingerprint density at radius 3 is 2.37 bits per heavy atom. The van der Waals surface area contributed by atoms with Gasteiger partial charge in [-0.05, 0) is 25.0 Å². The van der Waals surface area contributed by atoms with E-state index in [4.69, 9.17) is 5.11 Å². The predicted octanol–water partition coefficient (Wildman–Crippen LogP) is 1.06. The van der Waals surface area contributed by atoms with Crippen LogP contribution in [0.5, 0.6) is 0 Å². The molecule has 0 amide bonds. The Hall–Kier alpha value is -1.66. The van der Waals surface area contributed by atoms with Gasteiger partial charge in [-0.2, -0.15) is 0 Å². The van der Waals surface area contributed by atoms with Crippen LogP contribution in [0.15, 0.2) is 12.1 Å². The first-order chi connectivity index (χ1) is 8.81. The first kappa shape index (κ1) is 15.4. The summed E-state index contributed by atoms with van der Waals surface area (Å²) >= 11 is 0. The highest BCUT2D eigenvalue weighted by atomic mass is 16.4. The van der Waals surface area contributed by atoms with Crippen molar-refractivity contribution < 1.29 is 20.1 Å². The number of carboxylic acid groups (broad SMARTS) is 1. The molecule has 0 unspecified atom stereocenters. The van der Waals surface area contributed by atoms with Crippen LogP contribution in [0, 0.1) is 0 Å². The number of aliphatic hydroxyl groups is 2. The molecule has 1 rings (SSSR count). The van der Waals surface area contributed by atoms with Gasteiger partial charge in [0.25, 0.3) is 0 Å². The second kappa shape index (κ2) is 5.99. The van der Waals surface area contributed by atoms with Crippen molar-refractivity contribution in [3.63, 3.8) is 0 Å². The van der Waals surface area contributed by atoms with E-state index < -0.39 is 11.5 Å². The number of carbonyl (C=O) groups is 1. The number of pyridine rings is 1. The molecular formula is C13H20N2O4. The van der Waals surface area contributed by atoms with Gasteiger partial charge in [0.15, 0.2) is 0 Å². The van der Waals surface area contributed by atoms with E-state index in [1.54, 1.807) is 6.92 Å². The largest absolute Gasteiger partial charge is 0.478 e. The number of carboxylic acids is 1. The molecule has 1 aromatic rings. The fourth-order valence-electron chi connectivity index (χ4n) is 1.47. The zero-order valence-corrected chi connectivity index (χ0v) is 11.3.